The molecule has 0 saturated carbocycles. The van der Waals surface area contributed by atoms with Crippen molar-refractivity contribution in [2.24, 2.45) is 0 Å². The molecule has 0 atom stereocenters. The van der Waals surface area contributed by atoms with Gasteiger partial charge in [-0.05, 0) is 78.8 Å². The molecule has 0 saturated heterocycles. The lowest BCUT2D eigenvalue weighted by Gasteiger charge is -2.14. The molecule has 0 spiro atoms. The molecule has 0 aliphatic heterocycles. The van der Waals surface area contributed by atoms with Crippen molar-refractivity contribution in [2.45, 2.75) is 0 Å². The molecule has 8 aromatic carbocycles. The summed E-state index contributed by atoms with van der Waals surface area (Å²) in [6.07, 6.45) is 0. The second kappa shape index (κ2) is 11.7. The number of nitrogens with zero attached hydrogens (tertiary/aromatic N) is 3. The zero-order valence-electron chi connectivity index (χ0n) is 26.1. The van der Waals surface area contributed by atoms with Gasteiger partial charge in [0, 0.05) is 16.7 Å². The van der Waals surface area contributed by atoms with Crippen LogP contribution in [-0.2, 0) is 0 Å². The molecule has 48 heavy (non-hydrogen) atoms. The van der Waals surface area contributed by atoms with Crippen molar-refractivity contribution >= 4 is 32.3 Å². The summed E-state index contributed by atoms with van der Waals surface area (Å²) in [6, 6.07) is 61.9. The Balaban J connectivity index is 1.14. The van der Waals surface area contributed by atoms with Gasteiger partial charge in [0.05, 0.1) is 0 Å². The summed E-state index contributed by atoms with van der Waals surface area (Å²) in [6.45, 7) is 0. The van der Waals surface area contributed by atoms with Crippen molar-refractivity contribution in [3.63, 3.8) is 0 Å². The number of fused-ring (bicyclic) bond motifs is 3. The molecule has 0 N–H and O–H groups in total. The van der Waals surface area contributed by atoms with Gasteiger partial charge in [-0.15, -0.1) is 0 Å². The second-order valence-corrected chi connectivity index (χ2v) is 12.1. The summed E-state index contributed by atoms with van der Waals surface area (Å²) < 4.78 is 0. The summed E-state index contributed by atoms with van der Waals surface area (Å²) >= 11 is 0. The highest BCUT2D eigenvalue weighted by Crippen LogP contribution is 2.37. The lowest BCUT2D eigenvalue weighted by atomic mass is 9.92. The fraction of sp³-hybridized carbons (Fsp3) is 0. The van der Waals surface area contributed by atoms with Gasteiger partial charge in [-0.3, -0.25) is 0 Å². The highest BCUT2D eigenvalue weighted by atomic mass is 15.0. The lowest BCUT2D eigenvalue weighted by molar-refractivity contribution is 1.08. The molecule has 0 bridgehead atoms. The Labute approximate surface area is 278 Å². The average molecular weight is 612 g/mol. The lowest BCUT2D eigenvalue weighted by Crippen LogP contribution is -2.00. The average Bonchev–Trinajstić information content (AvgIpc) is 3.17. The first-order valence-corrected chi connectivity index (χ1v) is 16.2. The summed E-state index contributed by atoms with van der Waals surface area (Å²) in [4.78, 5) is 14.9. The van der Waals surface area contributed by atoms with E-state index < -0.39 is 0 Å². The van der Waals surface area contributed by atoms with Crippen LogP contribution in [0.25, 0.3) is 88.7 Å². The van der Waals surface area contributed by atoms with Crippen molar-refractivity contribution in [2.75, 3.05) is 0 Å². The van der Waals surface area contributed by atoms with Gasteiger partial charge in [0.25, 0.3) is 0 Å². The standard InChI is InChI=1S/C45H29N3/c1-3-12-31(13-4-1)43-46-44(32-14-5-2-6-15-32)48-45(47-43)42-26-25-39(40-17-9-10-18-41(40)42)38-24-23-36-28-35(21-22-37(36)29-38)34-20-19-30-11-7-8-16-33(30)27-34/h1-29H. The van der Waals surface area contributed by atoms with Crippen molar-refractivity contribution in [1.29, 1.82) is 0 Å². The third-order valence-electron chi connectivity index (χ3n) is 9.10. The first-order valence-electron chi connectivity index (χ1n) is 16.2. The molecule has 0 amide bonds. The van der Waals surface area contributed by atoms with Crippen molar-refractivity contribution < 1.29 is 0 Å². The van der Waals surface area contributed by atoms with E-state index in [2.05, 4.69) is 115 Å². The van der Waals surface area contributed by atoms with Crippen LogP contribution < -0.4 is 0 Å². The number of benzene rings is 8. The Morgan fingerprint density at radius 1 is 0.250 bits per heavy atom. The molecular weight excluding hydrogens is 583 g/mol. The van der Waals surface area contributed by atoms with E-state index in [1.807, 2.05) is 60.7 Å². The molecule has 0 aliphatic carbocycles. The fourth-order valence-electron chi connectivity index (χ4n) is 6.64. The van der Waals surface area contributed by atoms with E-state index in [9.17, 15) is 0 Å². The first-order chi connectivity index (χ1) is 23.8. The molecule has 3 nitrogen and oxygen atoms in total. The van der Waals surface area contributed by atoms with E-state index in [0.29, 0.717) is 17.5 Å². The van der Waals surface area contributed by atoms with Crippen molar-refractivity contribution in [3.8, 4) is 56.4 Å². The summed E-state index contributed by atoms with van der Waals surface area (Å²) in [5.41, 5.74) is 7.69. The van der Waals surface area contributed by atoms with Gasteiger partial charge in [0.15, 0.2) is 17.5 Å². The van der Waals surface area contributed by atoms with Crippen LogP contribution in [0.4, 0.5) is 0 Å². The monoisotopic (exact) mass is 611 g/mol. The van der Waals surface area contributed by atoms with E-state index in [4.69, 9.17) is 15.0 Å². The highest BCUT2D eigenvalue weighted by Gasteiger charge is 2.16. The molecule has 224 valence electrons. The van der Waals surface area contributed by atoms with Crippen LogP contribution in [0.5, 0.6) is 0 Å². The number of hydrogen-bond acceptors (Lipinski definition) is 3. The van der Waals surface area contributed by atoms with E-state index in [1.165, 1.54) is 43.8 Å². The minimum atomic E-state index is 0.658. The zero-order chi connectivity index (χ0) is 31.9. The largest absolute Gasteiger partial charge is 0.208 e. The predicted molar refractivity (Wildman–Crippen MR) is 200 cm³/mol. The third kappa shape index (κ3) is 5.08. The minimum Gasteiger partial charge on any atom is -0.208 e. The van der Waals surface area contributed by atoms with Gasteiger partial charge >= 0.3 is 0 Å². The Hall–Kier alpha value is -6.45. The van der Waals surface area contributed by atoms with E-state index in [1.54, 1.807) is 0 Å². The quantitative estimate of drug-likeness (QED) is 0.194. The smallest absolute Gasteiger partial charge is 0.164 e. The van der Waals surface area contributed by atoms with Gasteiger partial charge < -0.3 is 0 Å². The van der Waals surface area contributed by atoms with Crippen LogP contribution in [-0.4, -0.2) is 15.0 Å². The number of aromatic nitrogens is 3. The molecule has 0 fully saturated rings. The van der Waals surface area contributed by atoms with Crippen LogP contribution in [0.15, 0.2) is 176 Å². The van der Waals surface area contributed by atoms with Crippen LogP contribution in [0, 0.1) is 0 Å². The minimum absolute atomic E-state index is 0.658. The third-order valence-corrected chi connectivity index (χ3v) is 9.10. The maximum Gasteiger partial charge on any atom is 0.164 e. The second-order valence-electron chi connectivity index (χ2n) is 12.1. The predicted octanol–water partition coefficient (Wildman–Crippen LogP) is 11.7. The molecular formula is C45H29N3. The van der Waals surface area contributed by atoms with Gasteiger partial charge in [-0.25, -0.2) is 15.0 Å². The van der Waals surface area contributed by atoms with Gasteiger partial charge in [0.1, 0.15) is 0 Å². The molecule has 9 rings (SSSR count). The zero-order valence-corrected chi connectivity index (χ0v) is 26.1. The van der Waals surface area contributed by atoms with E-state index in [0.717, 1.165) is 27.5 Å². The normalized spacial score (nSPS) is 11.3. The van der Waals surface area contributed by atoms with Crippen LogP contribution in [0.3, 0.4) is 0 Å². The Morgan fingerprint density at radius 3 is 1.29 bits per heavy atom. The molecule has 0 unspecified atom stereocenters. The molecule has 1 aromatic heterocycles. The number of hydrogen-bond donors (Lipinski definition) is 0. The Morgan fingerprint density at radius 2 is 0.667 bits per heavy atom. The molecule has 9 aromatic rings. The van der Waals surface area contributed by atoms with Crippen LogP contribution in [0.1, 0.15) is 0 Å². The molecule has 1 heterocycles. The molecule has 0 radical (unpaired) electrons. The summed E-state index contributed by atoms with van der Waals surface area (Å²) in [5.74, 6) is 1.97. The fourth-order valence-corrected chi connectivity index (χ4v) is 6.64. The van der Waals surface area contributed by atoms with E-state index in [-0.39, 0.29) is 0 Å². The van der Waals surface area contributed by atoms with E-state index >= 15 is 0 Å². The summed E-state index contributed by atoms with van der Waals surface area (Å²) in [7, 11) is 0. The van der Waals surface area contributed by atoms with Crippen molar-refractivity contribution in [1.82, 2.24) is 15.0 Å². The first kappa shape index (κ1) is 27.8. The summed E-state index contributed by atoms with van der Waals surface area (Å²) in [5, 5.41) is 7.20. The van der Waals surface area contributed by atoms with Crippen molar-refractivity contribution in [3.05, 3.63) is 176 Å². The van der Waals surface area contributed by atoms with Gasteiger partial charge in [0.2, 0.25) is 0 Å². The Bertz CT molecular complexity index is 2550. The van der Waals surface area contributed by atoms with Gasteiger partial charge in [-0.2, -0.15) is 0 Å². The molecule has 0 aliphatic rings. The number of rotatable bonds is 5. The topological polar surface area (TPSA) is 38.7 Å². The Kier molecular flexibility index (Phi) is 6.80. The van der Waals surface area contributed by atoms with Gasteiger partial charge in [-0.1, -0.05) is 152 Å². The maximum absolute atomic E-state index is 5.02. The highest BCUT2D eigenvalue weighted by molar-refractivity contribution is 6.05. The maximum atomic E-state index is 5.02. The van der Waals surface area contributed by atoms with Crippen LogP contribution >= 0.6 is 0 Å². The SMILES string of the molecule is c1ccc(-c2nc(-c3ccccc3)nc(-c3ccc(-c4ccc5cc(-c6ccc7ccccc7c6)ccc5c4)c4ccccc34)n2)cc1. The van der Waals surface area contributed by atoms with Crippen LogP contribution in [0.2, 0.25) is 0 Å². The molecule has 3 heteroatoms.